The van der Waals surface area contributed by atoms with Gasteiger partial charge in [-0.25, -0.2) is 0 Å². The summed E-state index contributed by atoms with van der Waals surface area (Å²) in [5.41, 5.74) is 1.16. The van der Waals surface area contributed by atoms with E-state index in [0.717, 1.165) is 25.2 Å². The van der Waals surface area contributed by atoms with Crippen LogP contribution in [-0.2, 0) is 9.59 Å². The Morgan fingerprint density at radius 1 is 1.07 bits per heavy atom. The number of nitrogens with one attached hydrogen (secondary N) is 2. The number of halogens is 1. The summed E-state index contributed by atoms with van der Waals surface area (Å²) in [6.45, 7) is 2.43. The number of hydrogen-bond donors (Lipinski definition) is 2. The van der Waals surface area contributed by atoms with E-state index >= 15 is 0 Å². The molecule has 1 aliphatic heterocycles. The van der Waals surface area contributed by atoms with Gasteiger partial charge in [0.05, 0.1) is 11.8 Å². The summed E-state index contributed by atoms with van der Waals surface area (Å²) in [4.78, 5) is 33.3. The van der Waals surface area contributed by atoms with Crippen LogP contribution < -0.4 is 15.5 Å². The van der Waals surface area contributed by atoms with E-state index in [-0.39, 0.29) is 59.5 Å². The minimum absolute atomic E-state index is 0. The van der Waals surface area contributed by atoms with Crippen LogP contribution in [0.3, 0.4) is 0 Å². The molecule has 1 aromatic carbocycles. The van der Waals surface area contributed by atoms with E-state index in [1.54, 1.807) is 7.05 Å². The normalized spacial score (nSPS) is 26.6. The number of aliphatic imine (C=N–C) groups is 1. The molecule has 4 unspecified atom stereocenters. The zero-order chi connectivity index (χ0) is 20.4. The van der Waals surface area contributed by atoms with Gasteiger partial charge in [-0.05, 0) is 30.4 Å². The maximum atomic E-state index is 12.7. The van der Waals surface area contributed by atoms with Crippen LogP contribution in [0.15, 0.2) is 47.5 Å². The summed E-state index contributed by atoms with van der Waals surface area (Å²) in [5, 5.41) is 6.49. The van der Waals surface area contributed by atoms with Crippen LogP contribution in [0.1, 0.15) is 6.42 Å². The molecule has 8 heteroatoms. The standard InChI is InChI=1S/C22H29N5O2.HI/c1-23-22(24-10-12-26(2)17-6-4-3-5-7-17)25-11-13-27-20(28)18-15-8-9-16(14-15)19(18)21(27)29;/h3-9,15-16,18-19H,10-14H2,1-2H3,(H2,23,24,25);1H. The lowest BCUT2D eigenvalue weighted by Gasteiger charge is -2.21. The lowest BCUT2D eigenvalue weighted by molar-refractivity contribution is -0.140. The molecule has 4 atom stereocenters. The average molecular weight is 523 g/mol. The molecule has 7 nitrogen and oxygen atoms in total. The van der Waals surface area contributed by atoms with Crippen LogP contribution in [0.5, 0.6) is 0 Å². The van der Waals surface area contributed by atoms with Crippen LogP contribution in [0, 0.1) is 23.7 Å². The third-order valence-corrected chi connectivity index (χ3v) is 6.35. The Balaban J connectivity index is 0.00000256. The topological polar surface area (TPSA) is 77.0 Å². The molecule has 2 N–H and O–H groups in total. The summed E-state index contributed by atoms with van der Waals surface area (Å²) in [5.74, 6) is 0.961. The van der Waals surface area contributed by atoms with Gasteiger partial charge in [0.25, 0.3) is 0 Å². The quantitative estimate of drug-likeness (QED) is 0.187. The van der Waals surface area contributed by atoms with E-state index in [0.29, 0.717) is 19.0 Å². The van der Waals surface area contributed by atoms with Crippen molar-refractivity contribution in [1.29, 1.82) is 0 Å². The number of imide groups is 1. The number of likely N-dealkylation sites (N-methyl/N-ethyl adjacent to an activating group) is 1. The van der Waals surface area contributed by atoms with E-state index in [1.807, 2.05) is 18.2 Å². The molecule has 0 spiro atoms. The van der Waals surface area contributed by atoms with E-state index in [2.05, 4.69) is 51.9 Å². The maximum absolute atomic E-state index is 12.7. The van der Waals surface area contributed by atoms with Crippen LogP contribution in [0.2, 0.25) is 0 Å². The van der Waals surface area contributed by atoms with Gasteiger partial charge in [-0.1, -0.05) is 30.4 Å². The van der Waals surface area contributed by atoms with Crippen molar-refractivity contribution >= 4 is 47.4 Å². The summed E-state index contributed by atoms with van der Waals surface area (Å²) in [6.07, 6.45) is 5.21. The smallest absolute Gasteiger partial charge is 0.233 e. The van der Waals surface area contributed by atoms with E-state index in [9.17, 15) is 9.59 Å². The Kier molecular flexibility index (Phi) is 7.38. The molecule has 0 aromatic heterocycles. The van der Waals surface area contributed by atoms with Crippen molar-refractivity contribution in [2.45, 2.75) is 6.42 Å². The number of rotatable bonds is 7. The van der Waals surface area contributed by atoms with Gasteiger partial charge in [0, 0.05) is 46.0 Å². The first kappa shape index (κ1) is 22.6. The molecule has 0 radical (unpaired) electrons. The highest BCUT2D eigenvalue weighted by Gasteiger charge is 2.58. The Hall–Kier alpha value is -2.10. The molecule has 162 valence electrons. The molecule has 2 fully saturated rings. The third-order valence-electron chi connectivity index (χ3n) is 6.35. The van der Waals surface area contributed by atoms with Crippen molar-refractivity contribution in [3.63, 3.8) is 0 Å². The van der Waals surface area contributed by atoms with Gasteiger partial charge in [-0.3, -0.25) is 19.5 Å². The highest BCUT2D eigenvalue weighted by Crippen LogP contribution is 2.52. The van der Waals surface area contributed by atoms with Gasteiger partial charge in [0.15, 0.2) is 5.96 Å². The Morgan fingerprint density at radius 3 is 2.27 bits per heavy atom. The molecule has 2 amide bonds. The number of allylic oxidation sites excluding steroid dienone is 2. The van der Waals surface area contributed by atoms with E-state index in [1.165, 1.54) is 4.90 Å². The van der Waals surface area contributed by atoms with Crippen molar-refractivity contribution in [3.05, 3.63) is 42.5 Å². The Morgan fingerprint density at radius 2 is 1.67 bits per heavy atom. The first-order valence-corrected chi connectivity index (χ1v) is 10.3. The van der Waals surface area contributed by atoms with Gasteiger partial charge in [0.1, 0.15) is 0 Å². The van der Waals surface area contributed by atoms with Gasteiger partial charge >= 0.3 is 0 Å². The van der Waals surface area contributed by atoms with Crippen molar-refractivity contribution in [1.82, 2.24) is 15.5 Å². The number of anilines is 1. The van der Waals surface area contributed by atoms with Crippen molar-refractivity contribution in [3.8, 4) is 0 Å². The highest BCUT2D eigenvalue weighted by molar-refractivity contribution is 14.0. The Labute approximate surface area is 195 Å². The van der Waals surface area contributed by atoms with Gasteiger partial charge in [0.2, 0.25) is 11.8 Å². The second kappa shape index (κ2) is 9.80. The first-order valence-electron chi connectivity index (χ1n) is 10.3. The fourth-order valence-corrected chi connectivity index (χ4v) is 4.84. The van der Waals surface area contributed by atoms with Crippen molar-refractivity contribution < 1.29 is 9.59 Å². The average Bonchev–Trinajstić information content (AvgIpc) is 3.42. The fourth-order valence-electron chi connectivity index (χ4n) is 4.84. The number of nitrogens with zero attached hydrogens (tertiary/aromatic N) is 3. The number of carbonyl (C=O) groups excluding carboxylic acids is 2. The van der Waals surface area contributed by atoms with E-state index < -0.39 is 0 Å². The minimum Gasteiger partial charge on any atom is -0.373 e. The first-order chi connectivity index (χ1) is 14.1. The number of guanidine groups is 1. The van der Waals surface area contributed by atoms with Crippen LogP contribution in [0.4, 0.5) is 5.69 Å². The molecule has 3 aliphatic rings. The summed E-state index contributed by atoms with van der Waals surface area (Å²) in [6, 6.07) is 10.2. The molecule has 1 saturated carbocycles. The molecule has 1 heterocycles. The van der Waals surface area contributed by atoms with Crippen molar-refractivity contribution in [2.75, 3.05) is 45.2 Å². The largest absolute Gasteiger partial charge is 0.373 e. The van der Waals surface area contributed by atoms with Crippen LogP contribution in [0.25, 0.3) is 0 Å². The number of hydrogen-bond acceptors (Lipinski definition) is 4. The summed E-state index contributed by atoms with van der Waals surface area (Å²) < 4.78 is 0. The monoisotopic (exact) mass is 523 g/mol. The third kappa shape index (κ3) is 4.33. The molecule has 1 aromatic rings. The number of amides is 2. The number of para-hydroxylation sites is 1. The fraction of sp³-hybridized carbons (Fsp3) is 0.500. The molecule has 4 rings (SSSR count). The predicted molar refractivity (Wildman–Crippen MR) is 129 cm³/mol. The van der Waals surface area contributed by atoms with Crippen LogP contribution in [-0.4, -0.2) is 62.9 Å². The number of fused-ring (bicyclic) bond motifs is 5. The van der Waals surface area contributed by atoms with E-state index in [4.69, 9.17) is 0 Å². The molecule has 1 saturated heterocycles. The molecule has 2 bridgehead atoms. The zero-order valence-corrected chi connectivity index (χ0v) is 19.8. The highest BCUT2D eigenvalue weighted by atomic mass is 127. The van der Waals surface area contributed by atoms with Crippen molar-refractivity contribution in [2.24, 2.45) is 28.7 Å². The minimum atomic E-state index is -0.122. The molecular weight excluding hydrogens is 493 g/mol. The zero-order valence-electron chi connectivity index (χ0n) is 17.5. The molecule has 2 aliphatic carbocycles. The van der Waals surface area contributed by atoms with Gasteiger partial charge in [-0.2, -0.15) is 0 Å². The summed E-state index contributed by atoms with van der Waals surface area (Å²) >= 11 is 0. The second-order valence-corrected chi connectivity index (χ2v) is 8.01. The molecular formula is C22H30IN5O2. The predicted octanol–water partition coefficient (Wildman–Crippen LogP) is 1.71. The Bertz CT molecular complexity index is 798. The SMILES string of the molecule is CN=C(NCCN1C(=O)C2C3C=CC(C3)C2C1=O)NCCN(C)c1ccccc1.I. The van der Waals surface area contributed by atoms with Gasteiger partial charge in [-0.15, -0.1) is 24.0 Å². The molecule has 30 heavy (non-hydrogen) atoms. The lowest BCUT2D eigenvalue weighted by atomic mass is 9.85. The lowest BCUT2D eigenvalue weighted by Crippen LogP contribution is -2.45. The number of benzene rings is 1. The number of likely N-dealkylation sites (tertiary alicyclic amines) is 1. The maximum Gasteiger partial charge on any atom is 0.233 e. The number of carbonyl (C=O) groups is 2. The van der Waals surface area contributed by atoms with Gasteiger partial charge < -0.3 is 15.5 Å². The van der Waals surface area contributed by atoms with Crippen LogP contribution >= 0.6 is 24.0 Å². The summed E-state index contributed by atoms with van der Waals surface area (Å²) in [7, 11) is 3.77. The second-order valence-electron chi connectivity index (χ2n) is 8.01.